The molecule has 0 saturated carbocycles. The fourth-order valence-corrected chi connectivity index (χ4v) is 3.22. The van der Waals surface area contributed by atoms with E-state index in [4.69, 9.17) is 10.7 Å². The van der Waals surface area contributed by atoms with E-state index in [-0.39, 0.29) is 0 Å². The molecule has 2 N–H and O–H groups in total. The van der Waals surface area contributed by atoms with Crippen LogP contribution in [0.1, 0.15) is 46.9 Å². The summed E-state index contributed by atoms with van der Waals surface area (Å²) in [5.74, 6) is 3.20. The minimum absolute atomic E-state index is 0.663. The first kappa shape index (κ1) is 15.9. The Balaban J connectivity index is 2.46. The summed E-state index contributed by atoms with van der Waals surface area (Å²) in [6.07, 6.45) is 2.14. The lowest BCUT2D eigenvalue weighted by Gasteiger charge is -2.26. The van der Waals surface area contributed by atoms with Gasteiger partial charge in [-0.05, 0) is 42.4 Å². The fourth-order valence-electron chi connectivity index (χ4n) is 3.22. The van der Waals surface area contributed by atoms with Gasteiger partial charge in [0.15, 0.2) is 0 Å². The Labute approximate surface area is 128 Å². The summed E-state index contributed by atoms with van der Waals surface area (Å²) in [4.78, 5) is 4.82. The average molecular weight is 287 g/mol. The Hall–Kier alpha value is -1.51. The van der Waals surface area contributed by atoms with Gasteiger partial charge in [0, 0.05) is 18.7 Å². The maximum Gasteiger partial charge on any atom is 0.109 e. The van der Waals surface area contributed by atoms with Crippen LogP contribution < -0.4 is 5.73 Å². The molecule has 0 fully saturated rings. The van der Waals surface area contributed by atoms with Gasteiger partial charge in [0.05, 0.1) is 11.0 Å². The number of benzene rings is 1. The zero-order valence-corrected chi connectivity index (χ0v) is 14.1. The Morgan fingerprint density at radius 1 is 1.14 bits per heavy atom. The third-order valence-corrected chi connectivity index (χ3v) is 4.43. The third kappa shape index (κ3) is 3.39. The Morgan fingerprint density at radius 2 is 1.81 bits per heavy atom. The number of hydrogen-bond donors (Lipinski definition) is 1. The molecule has 0 aliphatic carbocycles. The maximum absolute atomic E-state index is 5.91. The fraction of sp³-hybridized carbons (Fsp3) is 0.611. The number of imidazole rings is 1. The molecule has 0 radical (unpaired) electrons. The number of nitrogen functional groups attached to an aromatic ring is 1. The van der Waals surface area contributed by atoms with Gasteiger partial charge in [-0.1, -0.05) is 34.6 Å². The molecule has 2 aromatic rings. The van der Waals surface area contributed by atoms with Crippen LogP contribution in [0.5, 0.6) is 0 Å². The van der Waals surface area contributed by atoms with Crippen molar-refractivity contribution < 1.29 is 0 Å². The second-order valence-electron chi connectivity index (χ2n) is 6.79. The number of anilines is 1. The van der Waals surface area contributed by atoms with E-state index in [0.717, 1.165) is 30.6 Å². The Bertz CT molecular complexity index is 588. The van der Waals surface area contributed by atoms with E-state index < -0.39 is 0 Å². The van der Waals surface area contributed by atoms with Crippen LogP contribution in [0, 0.1) is 17.8 Å². The summed E-state index contributed by atoms with van der Waals surface area (Å²) < 4.78 is 2.42. The third-order valence-electron chi connectivity index (χ3n) is 4.43. The predicted molar refractivity (Wildman–Crippen MR) is 91.3 cm³/mol. The highest BCUT2D eigenvalue weighted by molar-refractivity contribution is 5.79. The van der Waals surface area contributed by atoms with E-state index in [1.165, 1.54) is 11.3 Å². The molecule has 0 spiro atoms. The highest BCUT2D eigenvalue weighted by atomic mass is 15.1. The number of hydrogen-bond acceptors (Lipinski definition) is 2. The molecule has 2 rings (SSSR count). The van der Waals surface area contributed by atoms with Crippen molar-refractivity contribution >= 4 is 16.7 Å². The second kappa shape index (κ2) is 6.50. The highest BCUT2D eigenvalue weighted by Gasteiger charge is 2.21. The molecule has 0 saturated heterocycles. The molecule has 0 amide bonds. The first-order valence-electron chi connectivity index (χ1n) is 8.18. The molecule has 21 heavy (non-hydrogen) atoms. The van der Waals surface area contributed by atoms with Crippen LogP contribution >= 0.6 is 0 Å². The zero-order valence-electron chi connectivity index (χ0n) is 14.1. The number of rotatable bonds is 6. The van der Waals surface area contributed by atoms with Gasteiger partial charge in [0.1, 0.15) is 5.82 Å². The molecule has 0 unspecified atom stereocenters. The van der Waals surface area contributed by atoms with Crippen LogP contribution in [0.25, 0.3) is 11.0 Å². The minimum atomic E-state index is 0.663. The SMILES string of the molecule is CCCc1nc2cc(N)ccc2n1CC(C(C)C)C(C)C. The smallest absolute Gasteiger partial charge is 0.109 e. The van der Waals surface area contributed by atoms with E-state index in [1.807, 2.05) is 12.1 Å². The summed E-state index contributed by atoms with van der Waals surface area (Å²) in [7, 11) is 0. The lowest BCUT2D eigenvalue weighted by molar-refractivity contribution is 0.252. The monoisotopic (exact) mass is 287 g/mol. The molecule has 3 nitrogen and oxygen atoms in total. The van der Waals surface area contributed by atoms with Crippen molar-refractivity contribution in [3.63, 3.8) is 0 Å². The summed E-state index contributed by atoms with van der Waals surface area (Å²) in [6.45, 7) is 12.5. The van der Waals surface area contributed by atoms with Gasteiger partial charge in [-0.25, -0.2) is 4.98 Å². The number of aryl methyl sites for hydroxylation is 1. The van der Waals surface area contributed by atoms with Gasteiger partial charge < -0.3 is 10.3 Å². The van der Waals surface area contributed by atoms with Gasteiger partial charge in [-0.2, -0.15) is 0 Å². The summed E-state index contributed by atoms with van der Waals surface area (Å²) in [5, 5.41) is 0. The molecular formula is C18H29N3. The molecule has 0 bridgehead atoms. The van der Waals surface area contributed by atoms with Crippen LogP contribution in [0.15, 0.2) is 18.2 Å². The summed E-state index contributed by atoms with van der Waals surface area (Å²) >= 11 is 0. The first-order valence-corrected chi connectivity index (χ1v) is 8.18. The van der Waals surface area contributed by atoms with Gasteiger partial charge in [-0.15, -0.1) is 0 Å². The molecule has 1 aromatic carbocycles. The molecule has 1 aromatic heterocycles. The second-order valence-corrected chi connectivity index (χ2v) is 6.79. The van der Waals surface area contributed by atoms with Crippen molar-refractivity contribution in [1.29, 1.82) is 0 Å². The standard InChI is InChI=1S/C18H29N3/c1-6-7-18-20-16-10-14(19)8-9-17(16)21(18)11-15(12(2)3)13(4)5/h8-10,12-13,15H,6-7,11,19H2,1-5H3. The van der Waals surface area contributed by atoms with Crippen molar-refractivity contribution in [2.24, 2.45) is 17.8 Å². The van der Waals surface area contributed by atoms with E-state index in [0.29, 0.717) is 17.8 Å². The number of aromatic nitrogens is 2. The minimum Gasteiger partial charge on any atom is -0.399 e. The van der Waals surface area contributed by atoms with Crippen LogP contribution in [-0.2, 0) is 13.0 Å². The number of fused-ring (bicyclic) bond motifs is 1. The normalized spacial score (nSPS) is 12.2. The van der Waals surface area contributed by atoms with Crippen molar-refractivity contribution in [1.82, 2.24) is 9.55 Å². The predicted octanol–water partition coefficient (Wildman–Crippen LogP) is 4.50. The number of nitrogens with zero attached hydrogens (tertiary/aromatic N) is 2. The van der Waals surface area contributed by atoms with Gasteiger partial charge >= 0.3 is 0 Å². The van der Waals surface area contributed by atoms with Crippen molar-refractivity contribution in [3.8, 4) is 0 Å². The van der Waals surface area contributed by atoms with E-state index in [1.54, 1.807) is 0 Å². The average Bonchev–Trinajstić information content (AvgIpc) is 2.72. The lowest BCUT2D eigenvalue weighted by atomic mass is 9.85. The molecule has 0 atom stereocenters. The van der Waals surface area contributed by atoms with E-state index in [9.17, 15) is 0 Å². The lowest BCUT2D eigenvalue weighted by Crippen LogP contribution is -2.23. The number of nitrogens with two attached hydrogens (primary N) is 1. The topological polar surface area (TPSA) is 43.8 Å². The molecule has 0 aliphatic heterocycles. The molecular weight excluding hydrogens is 258 g/mol. The Kier molecular flexibility index (Phi) is 4.92. The molecule has 0 aliphatic rings. The van der Waals surface area contributed by atoms with Crippen molar-refractivity contribution in [2.75, 3.05) is 5.73 Å². The van der Waals surface area contributed by atoms with Crippen molar-refractivity contribution in [2.45, 2.75) is 54.0 Å². The van der Waals surface area contributed by atoms with Crippen LogP contribution in [0.4, 0.5) is 5.69 Å². The van der Waals surface area contributed by atoms with Gasteiger partial charge in [0.2, 0.25) is 0 Å². The first-order chi connectivity index (χ1) is 9.93. The van der Waals surface area contributed by atoms with Crippen molar-refractivity contribution in [3.05, 3.63) is 24.0 Å². The van der Waals surface area contributed by atoms with E-state index in [2.05, 4.69) is 45.3 Å². The van der Waals surface area contributed by atoms with Gasteiger partial charge in [-0.3, -0.25) is 0 Å². The molecule has 3 heteroatoms. The van der Waals surface area contributed by atoms with Gasteiger partial charge in [0.25, 0.3) is 0 Å². The molecule has 1 heterocycles. The Morgan fingerprint density at radius 3 is 2.38 bits per heavy atom. The van der Waals surface area contributed by atoms with Crippen LogP contribution in [-0.4, -0.2) is 9.55 Å². The largest absolute Gasteiger partial charge is 0.399 e. The highest BCUT2D eigenvalue weighted by Crippen LogP contribution is 2.27. The van der Waals surface area contributed by atoms with Crippen LogP contribution in [0.3, 0.4) is 0 Å². The van der Waals surface area contributed by atoms with Crippen LogP contribution in [0.2, 0.25) is 0 Å². The quantitative estimate of drug-likeness (QED) is 0.795. The zero-order chi connectivity index (χ0) is 15.6. The molecule has 116 valence electrons. The summed E-state index contributed by atoms with van der Waals surface area (Å²) in [6, 6.07) is 6.09. The van der Waals surface area contributed by atoms with E-state index >= 15 is 0 Å². The summed E-state index contributed by atoms with van der Waals surface area (Å²) in [5.41, 5.74) is 8.95. The maximum atomic E-state index is 5.91.